The summed E-state index contributed by atoms with van der Waals surface area (Å²) in [5, 5.41) is 0.725. The fourth-order valence-corrected chi connectivity index (χ4v) is 2.34. The molecule has 0 saturated carbocycles. The number of halogens is 2. The lowest BCUT2D eigenvalue weighted by Crippen LogP contribution is -1.84. The van der Waals surface area contributed by atoms with Crippen LogP contribution < -0.4 is 0 Å². The molecule has 0 saturated heterocycles. The van der Waals surface area contributed by atoms with Gasteiger partial charge in [-0.05, 0) is 42.3 Å². The summed E-state index contributed by atoms with van der Waals surface area (Å²) in [6.07, 6.45) is 3.64. The summed E-state index contributed by atoms with van der Waals surface area (Å²) in [5.41, 5.74) is 3.39. The smallest absolute Gasteiger partial charge is 0.0423 e. The van der Waals surface area contributed by atoms with Gasteiger partial charge in [-0.15, -0.1) is 0 Å². The van der Waals surface area contributed by atoms with E-state index in [1.807, 2.05) is 30.5 Å². The van der Waals surface area contributed by atoms with Crippen LogP contribution in [0.3, 0.4) is 0 Å². The molecule has 76 valence electrons. The van der Waals surface area contributed by atoms with Gasteiger partial charge in [0.1, 0.15) is 0 Å². The van der Waals surface area contributed by atoms with Crippen molar-refractivity contribution in [3.63, 3.8) is 0 Å². The number of hydrogen-bond acceptors (Lipinski definition) is 1. The maximum absolute atomic E-state index is 6.00. The zero-order valence-electron chi connectivity index (χ0n) is 8.17. The van der Waals surface area contributed by atoms with Crippen molar-refractivity contribution < 1.29 is 0 Å². The van der Waals surface area contributed by atoms with Crippen LogP contribution in [0.4, 0.5) is 0 Å². The van der Waals surface area contributed by atoms with Gasteiger partial charge in [0.25, 0.3) is 0 Å². The first-order valence-electron chi connectivity index (χ1n) is 4.54. The topological polar surface area (TPSA) is 12.9 Å². The zero-order valence-corrected chi connectivity index (χ0v) is 10.5. The molecule has 0 bridgehead atoms. The Hall–Kier alpha value is -0.860. The molecule has 0 radical (unpaired) electrons. The van der Waals surface area contributed by atoms with Gasteiger partial charge >= 0.3 is 0 Å². The van der Waals surface area contributed by atoms with Crippen LogP contribution in [0.5, 0.6) is 0 Å². The third kappa shape index (κ3) is 2.39. The molecular formula is C12H9BrClN. The molecule has 0 aliphatic heterocycles. The Morgan fingerprint density at radius 2 is 2.07 bits per heavy atom. The van der Waals surface area contributed by atoms with E-state index in [-0.39, 0.29) is 0 Å². The van der Waals surface area contributed by atoms with Crippen LogP contribution in [-0.2, 0) is 0 Å². The number of aryl methyl sites for hydroxylation is 1. The quantitative estimate of drug-likeness (QED) is 0.752. The van der Waals surface area contributed by atoms with Crippen LogP contribution in [0.2, 0.25) is 5.02 Å². The Balaban J connectivity index is 2.59. The van der Waals surface area contributed by atoms with Gasteiger partial charge in [-0.25, -0.2) is 0 Å². The second-order valence-electron chi connectivity index (χ2n) is 3.35. The van der Waals surface area contributed by atoms with Crippen molar-refractivity contribution in [2.45, 2.75) is 6.92 Å². The summed E-state index contributed by atoms with van der Waals surface area (Å²) < 4.78 is 0.980. The molecule has 1 nitrogen and oxygen atoms in total. The standard InChI is InChI=1S/C12H9BrClN/c1-8-2-3-15-7-12(8)9-4-10(13)6-11(14)5-9/h2-7H,1H3. The lowest BCUT2D eigenvalue weighted by atomic mass is 10.0. The Morgan fingerprint density at radius 1 is 1.27 bits per heavy atom. The summed E-state index contributed by atoms with van der Waals surface area (Å²) in [4.78, 5) is 4.12. The molecule has 0 unspecified atom stereocenters. The molecule has 0 fully saturated rings. The average Bonchev–Trinajstić information content (AvgIpc) is 2.16. The average molecular weight is 283 g/mol. The summed E-state index contributed by atoms with van der Waals surface area (Å²) in [5.74, 6) is 0. The first kappa shape index (κ1) is 10.7. The fourth-order valence-electron chi connectivity index (χ4n) is 1.48. The Morgan fingerprint density at radius 3 is 2.73 bits per heavy atom. The first-order valence-corrected chi connectivity index (χ1v) is 5.71. The molecule has 0 spiro atoms. The predicted octanol–water partition coefficient (Wildman–Crippen LogP) is 4.47. The monoisotopic (exact) mass is 281 g/mol. The van der Waals surface area contributed by atoms with Crippen LogP contribution in [0.25, 0.3) is 11.1 Å². The van der Waals surface area contributed by atoms with Gasteiger partial charge in [0.15, 0.2) is 0 Å². The SMILES string of the molecule is Cc1ccncc1-c1cc(Cl)cc(Br)c1. The van der Waals surface area contributed by atoms with E-state index in [1.165, 1.54) is 5.56 Å². The van der Waals surface area contributed by atoms with E-state index in [0.29, 0.717) is 0 Å². The lowest BCUT2D eigenvalue weighted by Gasteiger charge is -2.06. The maximum atomic E-state index is 6.00. The molecule has 15 heavy (non-hydrogen) atoms. The minimum Gasteiger partial charge on any atom is -0.264 e. The van der Waals surface area contributed by atoms with Gasteiger partial charge in [0.05, 0.1) is 0 Å². The molecule has 2 rings (SSSR count). The minimum absolute atomic E-state index is 0.725. The van der Waals surface area contributed by atoms with Crippen LogP contribution >= 0.6 is 27.5 Å². The van der Waals surface area contributed by atoms with Crippen molar-refractivity contribution in [3.05, 3.63) is 51.7 Å². The van der Waals surface area contributed by atoms with Gasteiger partial charge in [0.2, 0.25) is 0 Å². The van der Waals surface area contributed by atoms with Crippen molar-refractivity contribution in [1.82, 2.24) is 4.98 Å². The van der Waals surface area contributed by atoms with Crippen LogP contribution in [0.15, 0.2) is 41.1 Å². The highest BCUT2D eigenvalue weighted by Gasteiger charge is 2.03. The maximum Gasteiger partial charge on any atom is 0.0423 e. The minimum atomic E-state index is 0.725. The van der Waals surface area contributed by atoms with Crippen molar-refractivity contribution in [3.8, 4) is 11.1 Å². The van der Waals surface area contributed by atoms with Gasteiger partial charge in [-0.2, -0.15) is 0 Å². The highest BCUT2D eigenvalue weighted by atomic mass is 79.9. The first-order chi connectivity index (χ1) is 7.16. The zero-order chi connectivity index (χ0) is 10.8. The van der Waals surface area contributed by atoms with E-state index < -0.39 is 0 Å². The number of rotatable bonds is 1. The third-order valence-electron chi connectivity index (χ3n) is 2.21. The summed E-state index contributed by atoms with van der Waals surface area (Å²) in [6.45, 7) is 2.06. The van der Waals surface area contributed by atoms with Crippen molar-refractivity contribution >= 4 is 27.5 Å². The largest absolute Gasteiger partial charge is 0.264 e. The normalized spacial score (nSPS) is 10.3. The van der Waals surface area contributed by atoms with E-state index in [9.17, 15) is 0 Å². The molecule has 1 heterocycles. The summed E-state index contributed by atoms with van der Waals surface area (Å²) in [6, 6.07) is 7.84. The van der Waals surface area contributed by atoms with Crippen LogP contribution in [0.1, 0.15) is 5.56 Å². The van der Waals surface area contributed by atoms with E-state index >= 15 is 0 Å². The van der Waals surface area contributed by atoms with Gasteiger partial charge < -0.3 is 0 Å². The lowest BCUT2D eigenvalue weighted by molar-refractivity contribution is 1.29. The Labute approximate surface area is 102 Å². The number of pyridine rings is 1. The molecule has 3 heteroatoms. The van der Waals surface area contributed by atoms with Crippen molar-refractivity contribution in [2.75, 3.05) is 0 Å². The molecule has 2 aromatic rings. The molecule has 1 aromatic heterocycles. The third-order valence-corrected chi connectivity index (χ3v) is 2.89. The molecular weight excluding hydrogens is 273 g/mol. The van der Waals surface area contributed by atoms with Gasteiger partial charge in [-0.3, -0.25) is 4.98 Å². The predicted molar refractivity (Wildman–Crippen MR) is 67.1 cm³/mol. The van der Waals surface area contributed by atoms with E-state index in [2.05, 4.69) is 27.8 Å². The number of nitrogens with zero attached hydrogens (tertiary/aromatic N) is 1. The Bertz CT molecular complexity index is 476. The highest BCUT2D eigenvalue weighted by molar-refractivity contribution is 9.10. The Kier molecular flexibility index (Phi) is 3.08. The molecule has 0 aliphatic rings. The van der Waals surface area contributed by atoms with Gasteiger partial charge in [0, 0.05) is 27.5 Å². The van der Waals surface area contributed by atoms with Gasteiger partial charge in [-0.1, -0.05) is 27.5 Å². The summed E-state index contributed by atoms with van der Waals surface area (Å²) in [7, 11) is 0. The number of aromatic nitrogens is 1. The van der Waals surface area contributed by atoms with E-state index in [1.54, 1.807) is 6.20 Å². The molecule has 0 N–H and O–H groups in total. The molecule has 1 aromatic carbocycles. The molecule has 0 atom stereocenters. The van der Waals surface area contributed by atoms with E-state index in [0.717, 1.165) is 20.6 Å². The summed E-state index contributed by atoms with van der Waals surface area (Å²) >= 11 is 9.43. The van der Waals surface area contributed by atoms with Crippen LogP contribution in [-0.4, -0.2) is 4.98 Å². The van der Waals surface area contributed by atoms with Crippen molar-refractivity contribution in [1.29, 1.82) is 0 Å². The highest BCUT2D eigenvalue weighted by Crippen LogP contribution is 2.28. The van der Waals surface area contributed by atoms with Crippen molar-refractivity contribution in [2.24, 2.45) is 0 Å². The molecule has 0 amide bonds. The fraction of sp³-hybridized carbons (Fsp3) is 0.0833. The molecule has 0 aliphatic carbocycles. The number of hydrogen-bond donors (Lipinski definition) is 0. The number of benzene rings is 1. The second kappa shape index (κ2) is 4.33. The van der Waals surface area contributed by atoms with E-state index in [4.69, 9.17) is 11.6 Å². The second-order valence-corrected chi connectivity index (χ2v) is 4.70. The van der Waals surface area contributed by atoms with Crippen LogP contribution in [0, 0.1) is 6.92 Å².